The summed E-state index contributed by atoms with van der Waals surface area (Å²) in [6, 6.07) is 11.1. The molecule has 3 aromatic rings. The number of nitrogens with zero attached hydrogens (tertiary/aromatic N) is 3. The van der Waals surface area contributed by atoms with E-state index >= 15 is 4.39 Å². The minimum atomic E-state index is -0.909. The van der Waals surface area contributed by atoms with E-state index in [1.807, 2.05) is 29.3 Å². The number of aromatic nitrogens is 1. The molecule has 1 N–H and O–H groups in total. The number of rotatable bonds is 1. The van der Waals surface area contributed by atoms with Gasteiger partial charge in [0.05, 0.1) is 6.04 Å². The topological polar surface area (TPSA) is 75.0 Å². The number of fused-ring (bicyclic) bond motifs is 4. The zero-order chi connectivity index (χ0) is 26.2. The van der Waals surface area contributed by atoms with E-state index in [1.54, 1.807) is 15.6 Å². The molecule has 38 heavy (non-hydrogen) atoms. The Labute approximate surface area is 221 Å². The van der Waals surface area contributed by atoms with Gasteiger partial charge in [0.15, 0.2) is 23.1 Å². The van der Waals surface area contributed by atoms with E-state index in [0.29, 0.717) is 31.7 Å². The van der Waals surface area contributed by atoms with Crippen molar-refractivity contribution in [1.82, 2.24) is 9.58 Å². The molecule has 0 bridgehead atoms. The van der Waals surface area contributed by atoms with E-state index in [2.05, 4.69) is 0 Å². The van der Waals surface area contributed by atoms with Crippen molar-refractivity contribution in [3.63, 3.8) is 0 Å². The molecule has 7 nitrogen and oxygen atoms in total. The Morgan fingerprint density at radius 2 is 1.82 bits per heavy atom. The number of thioether (sulfide) groups is 1. The molecule has 2 fully saturated rings. The first-order valence-electron chi connectivity index (χ1n) is 12.7. The second kappa shape index (κ2) is 8.57. The second-order valence-electron chi connectivity index (χ2n) is 10.5. The molecule has 7 rings (SSSR count). The van der Waals surface area contributed by atoms with Crippen LogP contribution in [-0.4, -0.2) is 46.5 Å². The summed E-state index contributed by atoms with van der Waals surface area (Å²) in [5.74, 6) is -2.57. The SMILES string of the molecule is O=C1c2c(O)c(=O)ccn2N([C@@H]2c3ccccc3SCc3c2ccc(F)c3F)[C@H]2CC3(CCOCC3)CN12. The number of pyridine rings is 1. The lowest BCUT2D eigenvalue weighted by Crippen LogP contribution is -2.60. The predicted octanol–water partition coefficient (Wildman–Crippen LogP) is 4.15. The van der Waals surface area contributed by atoms with Crippen LogP contribution in [0.1, 0.15) is 52.5 Å². The number of hydrogen-bond donors (Lipinski definition) is 1. The number of hydrogen-bond acceptors (Lipinski definition) is 6. The van der Waals surface area contributed by atoms with Gasteiger partial charge in [0.2, 0.25) is 5.43 Å². The summed E-state index contributed by atoms with van der Waals surface area (Å²) >= 11 is 1.44. The van der Waals surface area contributed by atoms with Gasteiger partial charge in [0.1, 0.15) is 6.17 Å². The highest BCUT2D eigenvalue weighted by Crippen LogP contribution is 2.50. The van der Waals surface area contributed by atoms with Gasteiger partial charge < -0.3 is 14.7 Å². The van der Waals surface area contributed by atoms with E-state index < -0.39 is 40.9 Å². The van der Waals surface area contributed by atoms with Crippen molar-refractivity contribution >= 4 is 17.7 Å². The monoisotopic (exact) mass is 537 g/mol. The molecule has 0 unspecified atom stereocenters. The fourth-order valence-electron chi connectivity index (χ4n) is 6.57. The van der Waals surface area contributed by atoms with E-state index in [1.165, 1.54) is 24.0 Å². The van der Waals surface area contributed by atoms with Gasteiger partial charge in [-0.05, 0) is 47.9 Å². The molecule has 5 heterocycles. The van der Waals surface area contributed by atoms with Crippen molar-refractivity contribution < 1.29 is 23.4 Å². The van der Waals surface area contributed by atoms with Crippen molar-refractivity contribution in [3.8, 4) is 5.75 Å². The van der Waals surface area contributed by atoms with Crippen LogP contribution in [0.2, 0.25) is 0 Å². The zero-order valence-electron chi connectivity index (χ0n) is 20.4. The number of carbonyl (C=O) groups excluding carboxylic acids is 1. The number of ether oxygens (including phenoxy) is 1. The molecule has 1 spiro atoms. The third kappa shape index (κ3) is 3.36. The molecular formula is C28H25F2N3O4S. The maximum absolute atomic E-state index is 15.3. The molecule has 2 atom stereocenters. The highest BCUT2D eigenvalue weighted by atomic mass is 32.2. The molecular weight excluding hydrogens is 512 g/mol. The largest absolute Gasteiger partial charge is 0.502 e. The number of carbonyl (C=O) groups is 1. The van der Waals surface area contributed by atoms with Crippen LogP contribution in [0.4, 0.5) is 8.78 Å². The highest BCUT2D eigenvalue weighted by molar-refractivity contribution is 7.98. The lowest BCUT2D eigenvalue weighted by atomic mass is 9.79. The summed E-state index contributed by atoms with van der Waals surface area (Å²) in [7, 11) is 0. The van der Waals surface area contributed by atoms with Gasteiger partial charge in [0, 0.05) is 48.2 Å². The fourth-order valence-corrected chi connectivity index (χ4v) is 7.69. The number of amides is 1. The van der Waals surface area contributed by atoms with Crippen LogP contribution in [0.25, 0.3) is 0 Å². The second-order valence-corrected chi connectivity index (χ2v) is 11.5. The van der Waals surface area contributed by atoms with Crippen molar-refractivity contribution in [2.45, 2.75) is 42.1 Å². The van der Waals surface area contributed by atoms with Crippen molar-refractivity contribution in [3.05, 3.63) is 92.9 Å². The van der Waals surface area contributed by atoms with Crippen LogP contribution in [0, 0.1) is 17.0 Å². The smallest absolute Gasteiger partial charge is 0.278 e. The molecule has 2 aromatic carbocycles. The maximum Gasteiger partial charge on any atom is 0.278 e. The first kappa shape index (κ1) is 23.7. The van der Waals surface area contributed by atoms with Crippen LogP contribution in [-0.2, 0) is 10.5 Å². The third-order valence-corrected chi connectivity index (χ3v) is 9.60. The quantitative estimate of drug-likeness (QED) is 0.503. The minimum Gasteiger partial charge on any atom is -0.502 e. The summed E-state index contributed by atoms with van der Waals surface area (Å²) in [5.41, 5.74) is 0.807. The van der Waals surface area contributed by atoms with Crippen molar-refractivity contribution in [2.24, 2.45) is 5.41 Å². The summed E-state index contributed by atoms with van der Waals surface area (Å²) in [4.78, 5) is 29.0. The molecule has 4 aliphatic rings. The Bertz CT molecular complexity index is 1540. The summed E-state index contributed by atoms with van der Waals surface area (Å²) in [6.45, 7) is 1.66. The van der Waals surface area contributed by atoms with Gasteiger partial charge in [-0.25, -0.2) is 8.78 Å². The summed E-state index contributed by atoms with van der Waals surface area (Å²) in [5, 5.41) is 12.8. The molecule has 0 radical (unpaired) electrons. The summed E-state index contributed by atoms with van der Waals surface area (Å²) in [6.07, 6.45) is 3.29. The van der Waals surface area contributed by atoms with Gasteiger partial charge >= 0.3 is 0 Å². The molecule has 0 saturated carbocycles. The Hall–Kier alpha value is -3.37. The van der Waals surface area contributed by atoms with Gasteiger partial charge in [-0.1, -0.05) is 24.3 Å². The maximum atomic E-state index is 15.3. The molecule has 2 saturated heterocycles. The lowest BCUT2D eigenvalue weighted by Gasteiger charge is -2.47. The first-order valence-corrected chi connectivity index (χ1v) is 13.7. The van der Waals surface area contributed by atoms with Crippen molar-refractivity contribution in [1.29, 1.82) is 0 Å². The molecule has 196 valence electrons. The summed E-state index contributed by atoms with van der Waals surface area (Å²) < 4.78 is 36.9. The Morgan fingerprint density at radius 1 is 1.03 bits per heavy atom. The third-order valence-electron chi connectivity index (χ3n) is 8.48. The van der Waals surface area contributed by atoms with Crippen LogP contribution >= 0.6 is 11.8 Å². The zero-order valence-corrected chi connectivity index (χ0v) is 21.2. The normalized spacial score (nSPS) is 23.5. The van der Waals surface area contributed by atoms with Gasteiger partial charge in [-0.15, -0.1) is 11.8 Å². The highest BCUT2D eigenvalue weighted by Gasteiger charge is 2.54. The number of benzene rings is 2. The van der Waals surface area contributed by atoms with Crippen LogP contribution in [0.15, 0.2) is 58.4 Å². The average Bonchev–Trinajstić information content (AvgIpc) is 3.19. The Balaban J connectivity index is 1.50. The molecule has 1 amide bonds. The van der Waals surface area contributed by atoms with Crippen molar-refractivity contribution in [2.75, 3.05) is 24.8 Å². The average molecular weight is 538 g/mol. The molecule has 10 heteroatoms. The van der Waals surface area contributed by atoms with E-state index in [-0.39, 0.29) is 22.4 Å². The van der Waals surface area contributed by atoms with Gasteiger partial charge in [-0.3, -0.25) is 19.3 Å². The standard InChI is InChI=1S/C28H25F2N3O4S/c29-19-6-5-16-18(23(19)30)14-38-21-4-2-1-3-17(21)24(16)33-22-13-28(8-11-37-12-9-28)15-31(22)27(36)25-26(35)20(34)7-10-32(25)33/h1-7,10,22,24,35H,8-9,11-15H2/t22-,24-/m0/s1. The minimum absolute atomic E-state index is 0.114. The Kier molecular flexibility index (Phi) is 5.35. The van der Waals surface area contributed by atoms with E-state index in [9.17, 15) is 19.1 Å². The van der Waals surface area contributed by atoms with Crippen LogP contribution in [0.3, 0.4) is 0 Å². The fraction of sp³-hybridized carbons (Fsp3) is 0.357. The lowest BCUT2D eigenvalue weighted by molar-refractivity contribution is 0.0190. The van der Waals surface area contributed by atoms with Gasteiger partial charge in [-0.2, -0.15) is 0 Å². The van der Waals surface area contributed by atoms with E-state index in [4.69, 9.17) is 4.74 Å². The first-order chi connectivity index (χ1) is 18.4. The molecule has 1 aromatic heterocycles. The molecule has 4 aliphatic heterocycles. The number of halogens is 2. The van der Waals surface area contributed by atoms with Crippen LogP contribution < -0.4 is 10.4 Å². The van der Waals surface area contributed by atoms with Crippen LogP contribution in [0.5, 0.6) is 5.75 Å². The predicted molar refractivity (Wildman–Crippen MR) is 137 cm³/mol. The van der Waals surface area contributed by atoms with E-state index in [0.717, 1.165) is 29.4 Å². The Morgan fingerprint density at radius 3 is 2.63 bits per heavy atom. The number of aromatic hydroxyl groups is 1. The molecule has 0 aliphatic carbocycles. The van der Waals surface area contributed by atoms with Gasteiger partial charge in [0.25, 0.3) is 5.91 Å².